The van der Waals surface area contributed by atoms with Gasteiger partial charge >= 0.3 is 12.1 Å². The van der Waals surface area contributed by atoms with Gasteiger partial charge in [0.15, 0.2) is 0 Å². The first-order valence-electron chi connectivity index (χ1n) is 9.54. The van der Waals surface area contributed by atoms with Gasteiger partial charge in [-0.25, -0.2) is 0 Å². The van der Waals surface area contributed by atoms with Gasteiger partial charge in [-0.3, -0.25) is 4.98 Å². The standard InChI is InChI=1S/C24H18F5NO/c1-14(18-8-10-21(30-13-18)23(25,26)24(27,28)29)19-9-7-17-11-15-5-3-4-6-16(15)12-20(17)22(19)31-2/h3-14H,1-2H3. The molecular weight excluding hydrogens is 413 g/mol. The van der Waals surface area contributed by atoms with Crippen LogP contribution in [0.1, 0.15) is 29.7 Å². The van der Waals surface area contributed by atoms with E-state index in [9.17, 15) is 22.0 Å². The van der Waals surface area contributed by atoms with Gasteiger partial charge in [0, 0.05) is 23.1 Å². The summed E-state index contributed by atoms with van der Waals surface area (Å²) >= 11 is 0. The van der Waals surface area contributed by atoms with Crippen molar-refractivity contribution in [1.29, 1.82) is 0 Å². The first-order chi connectivity index (χ1) is 14.6. The van der Waals surface area contributed by atoms with Gasteiger partial charge in [-0.05, 0) is 39.9 Å². The van der Waals surface area contributed by atoms with Crippen molar-refractivity contribution in [1.82, 2.24) is 4.98 Å². The van der Waals surface area contributed by atoms with Gasteiger partial charge < -0.3 is 4.74 Å². The SMILES string of the molecule is COc1c(C(C)c2ccc(C(F)(F)C(F)(F)F)nc2)ccc2cc3ccccc3cc12. The van der Waals surface area contributed by atoms with E-state index in [2.05, 4.69) is 11.1 Å². The number of rotatable bonds is 4. The maximum Gasteiger partial charge on any atom is 0.459 e. The van der Waals surface area contributed by atoms with Crippen LogP contribution in [0.4, 0.5) is 22.0 Å². The van der Waals surface area contributed by atoms with Crippen LogP contribution in [0.3, 0.4) is 0 Å². The molecule has 0 saturated carbocycles. The molecule has 1 unspecified atom stereocenters. The molecule has 0 aliphatic rings. The predicted molar refractivity (Wildman–Crippen MR) is 110 cm³/mol. The number of fused-ring (bicyclic) bond motifs is 2. The summed E-state index contributed by atoms with van der Waals surface area (Å²) < 4.78 is 70.5. The molecule has 7 heteroatoms. The highest BCUT2D eigenvalue weighted by Crippen LogP contribution is 2.43. The summed E-state index contributed by atoms with van der Waals surface area (Å²) in [7, 11) is 1.55. The van der Waals surface area contributed by atoms with E-state index >= 15 is 0 Å². The number of hydrogen-bond acceptors (Lipinski definition) is 2. The van der Waals surface area contributed by atoms with Crippen LogP contribution in [0.2, 0.25) is 0 Å². The molecule has 2 nitrogen and oxygen atoms in total. The van der Waals surface area contributed by atoms with Crippen LogP contribution in [0.5, 0.6) is 5.75 Å². The van der Waals surface area contributed by atoms with Crippen LogP contribution in [-0.2, 0) is 5.92 Å². The largest absolute Gasteiger partial charge is 0.496 e. The highest BCUT2D eigenvalue weighted by molar-refractivity contribution is 6.01. The second kappa shape index (κ2) is 7.48. The first kappa shape index (κ1) is 21.0. The van der Waals surface area contributed by atoms with Crippen molar-refractivity contribution in [3.63, 3.8) is 0 Å². The van der Waals surface area contributed by atoms with Crippen LogP contribution in [0, 0.1) is 0 Å². The third kappa shape index (κ3) is 3.58. The average molecular weight is 431 g/mol. The predicted octanol–water partition coefficient (Wildman–Crippen LogP) is 7.20. The summed E-state index contributed by atoms with van der Waals surface area (Å²) in [6.07, 6.45) is -4.64. The van der Waals surface area contributed by atoms with Crippen molar-refractivity contribution >= 4 is 21.5 Å². The summed E-state index contributed by atoms with van der Waals surface area (Å²) in [6.45, 7) is 1.82. The Morgan fingerprint density at radius 3 is 2.10 bits per heavy atom. The van der Waals surface area contributed by atoms with Gasteiger partial charge in [0.2, 0.25) is 0 Å². The Labute approximate surface area is 175 Å². The van der Waals surface area contributed by atoms with Crippen molar-refractivity contribution < 1.29 is 26.7 Å². The lowest BCUT2D eigenvalue weighted by molar-refractivity contribution is -0.290. The van der Waals surface area contributed by atoms with Gasteiger partial charge in [0.1, 0.15) is 11.4 Å². The minimum atomic E-state index is -5.70. The molecule has 4 rings (SSSR count). The lowest BCUT2D eigenvalue weighted by atomic mass is 9.90. The molecule has 1 heterocycles. The lowest BCUT2D eigenvalue weighted by Gasteiger charge is -2.21. The highest BCUT2D eigenvalue weighted by Gasteiger charge is 2.59. The Balaban J connectivity index is 1.77. The van der Waals surface area contributed by atoms with Gasteiger partial charge in [0.25, 0.3) is 0 Å². The maximum absolute atomic E-state index is 13.5. The Bertz CT molecular complexity index is 1250. The first-order valence-corrected chi connectivity index (χ1v) is 9.54. The van der Waals surface area contributed by atoms with Gasteiger partial charge in [-0.2, -0.15) is 22.0 Å². The lowest BCUT2D eigenvalue weighted by Crippen LogP contribution is -2.34. The number of methoxy groups -OCH3 is 1. The Kier molecular flexibility index (Phi) is 5.07. The molecular formula is C24H18F5NO. The number of aromatic nitrogens is 1. The van der Waals surface area contributed by atoms with Gasteiger partial charge in [-0.15, -0.1) is 0 Å². The third-order valence-corrected chi connectivity index (χ3v) is 5.50. The second-order valence-electron chi connectivity index (χ2n) is 7.38. The monoisotopic (exact) mass is 431 g/mol. The fourth-order valence-corrected chi connectivity index (χ4v) is 3.74. The number of benzene rings is 3. The molecule has 4 aromatic rings. The molecule has 0 fully saturated rings. The molecule has 0 spiro atoms. The summed E-state index contributed by atoms with van der Waals surface area (Å²) in [6, 6.07) is 17.8. The van der Waals surface area contributed by atoms with Crippen molar-refractivity contribution in [3.05, 3.63) is 83.7 Å². The molecule has 0 aliphatic heterocycles. The van der Waals surface area contributed by atoms with E-state index in [1.165, 1.54) is 6.07 Å². The van der Waals surface area contributed by atoms with E-state index < -0.39 is 17.8 Å². The zero-order chi connectivity index (χ0) is 22.4. The summed E-state index contributed by atoms with van der Waals surface area (Å²) in [4.78, 5) is 3.41. The molecule has 31 heavy (non-hydrogen) atoms. The Hall–Kier alpha value is -3.22. The molecule has 1 atom stereocenters. The molecule has 0 bridgehead atoms. The van der Waals surface area contributed by atoms with E-state index in [1.54, 1.807) is 7.11 Å². The number of ether oxygens (including phenoxy) is 1. The minimum Gasteiger partial charge on any atom is -0.496 e. The minimum absolute atomic E-state index is 0.341. The van der Waals surface area contributed by atoms with E-state index in [0.717, 1.165) is 39.4 Å². The summed E-state index contributed by atoms with van der Waals surface area (Å²) in [5.74, 6) is -4.72. The molecule has 0 aliphatic carbocycles. The van der Waals surface area contributed by atoms with Crippen molar-refractivity contribution in [3.8, 4) is 5.75 Å². The second-order valence-corrected chi connectivity index (χ2v) is 7.38. The zero-order valence-electron chi connectivity index (χ0n) is 16.7. The topological polar surface area (TPSA) is 22.1 Å². The molecule has 0 saturated heterocycles. The number of alkyl halides is 5. The van der Waals surface area contributed by atoms with E-state index in [4.69, 9.17) is 4.74 Å². The molecule has 160 valence electrons. The zero-order valence-corrected chi connectivity index (χ0v) is 16.7. The van der Waals surface area contributed by atoms with E-state index in [-0.39, 0.29) is 5.92 Å². The van der Waals surface area contributed by atoms with Crippen LogP contribution >= 0.6 is 0 Å². The molecule has 3 aromatic carbocycles. The highest BCUT2D eigenvalue weighted by atomic mass is 19.4. The van der Waals surface area contributed by atoms with Crippen molar-refractivity contribution in [2.45, 2.75) is 24.9 Å². The van der Waals surface area contributed by atoms with Crippen LogP contribution < -0.4 is 4.74 Å². The van der Waals surface area contributed by atoms with E-state index in [0.29, 0.717) is 11.3 Å². The number of halogens is 5. The normalized spacial score (nSPS) is 13.5. The fraction of sp³-hybridized carbons (Fsp3) is 0.208. The fourth-order valence-electron chi connectivity index (χ4n) is 3.74. The van der Waals surface area contributed by atoms with Crippen molar-refractivity contribution in [2.24, 2.45) is 0 Å². The Morgan fingerprint density at radius 2 is 1.52 bits per heavy atom. The van der Waals surface area contributed by atoms with Crippen molar-refractivity contribution in [2.75, 3.05) is 7.11 Å². The van der Waals surface area contributed by atoms with Gasteiger partial charge in [0.05, 0.1) is 7.11 Å². The number of hydrogen-bond donors (Lipinski definition) is 0. The molecule has 0 radical (unpaired) electrons. The molecule has 0 amide bonds. The Morgan fingerprint density at radius 1 is 0.839 bits per heavy atom. The third-order valence-electron chi connectivity index (χ3n) is 5.50. The number of pyridine rings is 1. The summed E-state index contributed by atoms with van der Waals surface area (Å²) in [5.41, 5.74) is -0.0459. The van der Waals surface area contributed by atoms with E-state index in [1.807, 2.05) is 49.4 Å². The quantitative estimate of drug-likeness (QED) is 0.252. The van der Waals surface area contributed by atoms with Crippen LogP contribution in [-0.4, -0.2) is 18.3 Å². The van der Waals surface area contributed by atoms with Crippen LogP contribution in [0.15, 0.2) is 66.9 Å². The maximum atomic E-state index is 13.5. The average Bonchev–Trinajstić information content (AvgIpc) is 2.75. The van der Waals surface area contributed by atoms with Gasteiger partial charge in [-0.1, -0.05) is 49.4 Å². The van der Waals surface area contributed by atoms with Crippen LogP contribution in [0.25, 0.3) is 21.5 Å². The molecule has 0 N–H and O–H groups in total. The number of nitrogens with zero attached hydrogens (tertiary/aromatic N) is 1. The smallest absolute Gasteiger partial charge is 0.459 e. The summed E-state index contributed by atoms with van der Waals surface area (Å²) in [5, 5.41) is 3.99. The molecule has 1 aromatic heterocycles.